The minimum absolute atomic E-state index is 0.190. The number of hydrogen-bond acceptors (Lipinski definition) is 4. The highest BCUT2D eigenvalue weighted by Gasteiger charge is 2.03. The molecule has 6 nitrogen and oxygen atoms in total. The molecule has 0 aliphatic rings. The Morgan fingerprint density at radius 3 is 2.76 bits per heavy atom. The maximum absolute atomic E-state index is 11.9. The average molecular weight is 334 g/mol. The summed E-state index contributed by atoms with van der Waals surface area (Å²) in [4.78, 5) is 16.0. The molecule has 0 saturated carbocycles. The molecule has 3 aromatic rings. The van der Waals surface area contributed by atoms with E-state index in [-0.39, 0.29) is 5.91 Å². The van der Waals surface area contributed by atoms with E-state index in [1.165, 1.54) is 6.08 Å². The minimum Gasteiger partial charge on any atom is -0.497 e. The Hall–Kier alpha value is -3.41. The Balaban J connectivity index is 1.56. The van der Waals surface area contributed by atoms with Gasteiger partial charge in [-0.1, -0.05) is 6.07 Å². The summed E-state index contributed by atoms with van der Waals surface area (Å²) < 4.78 is 6.90. The van der Waals surface area contributed by atoms with E-state index >= 15 is 0 Å². The van der Waals surface area contributed by atoms with Crippen molar-refractivity contribution >= 4 is 12.0 Å². The van der Waals surface area contributed by atoms with Gasteiger partial charge >= 0.3 is 0 Å². The summed E-state index contributed by atoms with van der Waals surface area (Å²) >= 11 is 0. The molecule has 0 radical (unpaired) electrons. The van der Waals surface area contributed by atoms with E-state index in [0.717, 1.165) is 22.8 Å². The van der Waals surface area contributed by atoms with Gasteiger partial charge in [0.25, 0.3) is 0 Å². The molecule has 1 amide bonds. The van der Waals surface area contributed by atoms with Crippen LogP contribution >= 0.6 is 0 Å². The van der Waals surface area contributed by atoms with Crippen LogP contribution in [0.25, 0.3) is 11.8 Å². The fourth-order valence-corrected chi connectivity index (χ4v) is 2.21. The second-order valence-electron chi connectivity index (χ2n) is 5.26. The predicted octanol–water partition coefficient (Wildman–Crippen LogP) is 2.61. The van der Waals surface area contributed by atoms with Crippen molar-refractivity contribution in [2.24, 2.45) is 0 Å². The summed E-state index contributed by atoms with van der Waals surface area (Å²) in [5.74, 6) is 0.604. The molecule has 126 valence electrons. The van der Waals surface area contributed by atoms with E-state index in [1.54, 1.807) is 24.1 Å². The number of nitrogens with zero attached hydrogens (tertiary/aromatic N) is 3. The second kappa shape index (κ2) is 7.92. The smallest absolute Gasteiger partial charge is 0.244 e. The molecule has 2 heterocycles. The van der Waals surface area contributed by atoms with Crippen LogP contribution in [0.4, 0.5) is 0 Å². The second-order valence-corrected chi connectivity index (χ2v) is 5.26. The Bertz CT molecular complexity index is 855. The third kappa shape index (κ3) is 4.54. The van der Waals surface area contributed by atoms with Crippen LogP contribution in [0.1, 0.15) is 11.4 Å². The number of carbonyl (C=O) groups excluding carboxylic acids is 1. The van der Waals surface area contributed by atoms with Gasteiger partial charge in [-0.15, -0.1) is 0 Å². The number of aromatic nitrogens is 3. The molecule has 0 unspecified atom stereocenters. The number of nitrogens with one attached hydrogen (secondary N) is 1. The third-order valence-corrected chi connectivity index (χ3v) is 3.52. The number of methoxy groups -OCH3 is 1. The monoisotopic (exact) mass is 334 g/mol. The van der Waals surface area contributed by atoms with Crippen molar-refractivity contribution in [3.05, 3.63) is 78.4 Å². The lowest BCUT2D eigenvalue weighted by atomic mass is 10.3. The largest absolute Gasteiger partial charge is 0.497 e. The summed E-state index contributed by atoms with van der Waals surface area (Å²) in [6.45, 7) is 0.356. The van der Waals surface area contributed by atoms with Crippen molar-refractivity contribution in [3.8, 4) is 11.4 Å². The molecule has 6 heteroatoms. The van der Waals surface area contributed by atoms with Gasteiger partial charge in [0.1, 0.15) is 5.75 Å². The van der Waals surface area contributed by atoms with E-state index in [4.69, 9.17) is 4.74 Å². The van der Waals surface area contributed by atoms with Gasteiger partial charge in [0, 0.05) is 18.5 Å². The molecule has 0 saturated heterocycles. The molecule has 1 aromatic carbocycles. The van der Waals surface area contributed by atoms with Gasteiger partial charge in [-0.3, -0.25) is 9.78 Å². The van der Waals surface area contributed by atoms with Gasteiger partial charge in [-0.2, -0.15) is 5.10 Å². The first-order valence-electron chi connectivity index (χ1n) is 7.80. The molecule has 25 heavy (non-hydrogen) atoms. The molecule has 2 aromatic heterocycles. The molecule has 0 spiro atoms. The van der Waals surface area contributed by atoms with E-state index < -0.39 is 0 Å². The van der Waals surface area contributed by atoms with Crippen LogP contribution in [0.5, 0.6) is 5.75 Å². The van der Waals surface area contributed by atoms with Crippen LogP contribution < -0.4 is 10.1 Å². The van der Waals surface area contributed by atoms with Gasteiger partial charge in [-0.25, -0.2) is 4.68 Å². The van der Waals surface area contributed by atoms with E-state index in [1.807, 2.05) is 54.7 Å². The van der Waals surface area contributed by atoms with Crippen LogP contribution in [-0.4, -0.2) is 27.8 Å². The van der Waals surface area contributed by atoms with Crippen LogP contribution in [-0.2, 0) is 11.3 Å². The van der Waals surface area contributed by atoms with Crippen molar-refractivity contribution in [1.82, 2.24) is 20.1 Å². The highest BCUT2D eigenvalue weighted by molar-refractivity contribution is 5.91. The molecule has 3 rings (SSSR count). The number of carbonyl (C=O) groups is 1. The van der Waals surface area contributed by atoms with Gasteiger partial charge in [0.15, 0.2) is 0 Å². The number of amides is 1. The number of ether oxygens (including phenoxy) is 1. The van der Waals surface area contributed by atoms with Crippen LogP contribution in [0.3, 0.4) is 0 Å². The molecule has 0 aliphatic carbocycles. The summed E-state index contributed by atoms with van der Waals surface area (Å²) in [6, 6.07) is 15.0. The first-order valence-corrected chi connectivity index (χ1v) is 7.80. The Morgan fingerprint density at radius 2 is 2.04 bits per heavy atom. The molecule has 0 fully saturated rings. The topological polar surface area (TPSA) is 69.0 Å². The van der Waals surface area contributed by atoms with Gasteiger partial charge in [0.05, 0.1) is 30.7 Å². The molecule has 0 atom stereocenters. The molecular weight excluding hydrogens is 316 g/mol. The fourth-order valence-electron chi connectivity index (χ4n) is 2.21. The summed E-state index contributed by atoms with van der Waals surface area (Å²) in [5.41, 5.74) is 2.44. The zero-order valence-corrected chi connectivity index (χ0v) is 13.8. The summed E-state index contributed by atoms with van der Waals surface area (Å²) in [7, 11) is 1.63. The third-order valence-electron chi connectivity index (χ3n) is 3.52. The molecular formula is C19H18N4O2. The first-order chi connectivity index (χ1) is 12.2. The van der Waals surface area contributed by atoms with Crippen LogP contribution in [0.15, 0.2) is 67.0 Å². The molecule has 0 bridgehead atoms. The maximum Gasteiger partial charge on any atom is 0.244 e. The SMILES string of the molecule is COc1ccc(-n2ccc(CNC(=O)/C=C/c3ccccn3)n2)cc1. The van der Waals surface area contributed by atoms with E-state index in [9.17, 15) is 4.79 Å². The van der Waals surface area contributed by atoms with Crippen LogP contribution in [0.2, 0.25) is 0 Å². The number of hydrogen-bond donors (Lipinski definition) is 1. The highest BCUT2D eigenvalue weighted by Crippen LogP contribution is 2.14. The lowest BCUT2D eigenvalue weighted by molar-refractivity contribution is -0.116. The lowest BCUT2D eigenvalue weighted by Crippen LogP contribution is -2.20. The standard InChI is InChI=1S/C19H18N4O2/c1-25-18-8-6-17(7-9-18)23-13-11-16(22-23)14-21-19(24)10-5-15-4-2-3-12-20-15/h2-13H,14H2,1H3,(H,21,24)/b10-5+. The lowest BCUT2D eigenvalue weighted by Gasteiger charge is -2.03. The maximum atomic E-state index is 11.9. The predicted molar refractivity (Wildman–Crippen MR) is 95.2 cm³/mol. The van der Waals surface area contributed by atoms with Gasteiger partial charge in [0.2, 0.25) is 5.91 Å². The average Bonchev–Trinajstić information content (AvgIpc) is 3.14. The van der Waals surface area contributed by atoms with Gasteiger partial charge in [-0.05, 0) is 48.5 Å². The van der Waals surface area contributed by atoms with Crippen molar-refractivity contribution in [2.45, 2.75) is 6.54 Å². The quantitative estimate of drug-likeness (QED) is 0.704. The zero-order chi connectivity index (χ0) is 17.5. The normalized spacial score (nSPS) is 10.8. The van der Waals surface area contributed by atoms with Crippen molar-refractivity contribution in [1.29, 1.82) is 0 Å². The minimum atomic E-state index is -0.190. The van der Waals surface area contributed by atoms with E-state index in [0.29, 0.717) is 6.54 Å². The fraction of sp³-hybridized carbons (Fsp3) is 0.105. The Morgan fingerprint density at radius 1 is 1.20 bits per heavy atom. The van der Waals surface area contributed by atoms with Gasteiger partial charge < -0.3 is 10.1 Å². The highest BCUT2D eigenvalue weighted by atomic mass is 16.5. The number of rotatable bonds is 6. The number of pyridine rings is 1. The Kier molecular flexibility index (Phi) is 5.21. The van der Waals surface area contributed by atoms with Crippen molar-refractivity contribution in [2.75, 3.05) is 7.11 Å². The van der Waals surface area contributed by atoms with Crippen molar-refractivity contribution < 1.29 is 9.53 Å². The summed E-state index contributed by atoms with van der Waals surface area (Å²) in [6.07, 6.45) is 6.67. The van der Waals surface area contributed by atoms with Crippen LogP contribution in [0, 0.1) is 0 Å². The number of benzene rings is 1. The molecule has 1 N–H and O–H groups in total. The summed E-state index contributed by atoms with van der Waals surface area (Å²) in [5, 5.41) is 7.25. The Labute approximate surface area is 145 Å². The van der Waals surface area contributed by atoms with Crippen molar-refractivity contribution in [3.63, 3.8) is 0 Å². The molecule has 0 aliphatic heterocycles. The van der Waals surface area contributed by atoms with E-state index in [2.05, 4.69) is 15.4 Å². The first kappa shape index (κ1) is 16.4. The zero-order valence-electron chi connectivity index (χ0n) is 13.8.